The van der Waals surface area contributed by atoms with Gasteiger partial charge >= 0.3 is 6.18 Å². The SMILES string of the molecule is O=C(Cc1nc2ccccc2c2ccccc12)c1ccc(C(F)(F)F)cc1. The smallest absolute Gasteiger partial charge is 0.294 e. The first-order chi connectivity index (χ1) is 12.9. The average Bonchev–Trinajstić information content (AvgIpc) is 2.67. The summed E-state index contributed by atoms with van der Waals surface area (Å²) in [7, 11) is 0. The fourth-order valence-corrected chi connectivity index (χ4v) is 3.21. The lowest BCUT2D eigenvalue weighted by molar-refractivity contribution is -0.137. The zero-order chi connectivity index (χ0) is 19.0. The molecule has 0 atom stereocenters. The van der Waals surface area contributed by atoms with E-state index in [0.29, 0.717) is 5.69 Å². The standard InChI is InChI=1S/C22H14F3NO/c23-22(24,25)15-11-9-14(10-12-15)21(27)13-20-18-7-2-1-5-16(18)17-6-3-4-8-19(17)26-20/h1-12H,13H2. The molecule has 27 heavy (non-hydrogen) atoms. The van der Waals surface area contributed by atoms with Crippen molar-refractivity contribution in [2.75, 3.05) is 0 Å². The number of aromatic nitrogens is 1. The summed E-state index contributed by atoms with van der Waals surface area (Å²) in [6, 6.07) is 19.7. The number of carbonyl (C=O) groups excluding carboxylic acids is 1. The van der Waals surface area contributed by atoms with E-state index in [4.69, 9.17) is 0 Å². The van der Waals surface area contributed by atoms with Gasteiger partial charge < -0.3 is 0 Å². The van der Waals surface area contributed by atoms with E-state index < -0.39 is 11.7 Å². The topological polar surface area (TPSA) is 30.0 Å². The second-order valence-corrected chi connectivity index (χ2v) is 6.30. The van der Waals surface area contributed by atoms with Crippen LogP contribution in [0.1, 0.15) is 21.6 Å². The third-order valence-electron chi connectivity index (χ3n) is 4.55. The van der Waals surface area contributed by atoms with Crippen LogP contribution in [0.5, 0.6) is 0 Å². The van der Waals surface area contributed by atoms with Crippen LogP contribution in [0.25, 0.3) is 21.7 Å². The molecule has 0 saturated carbocycles. The number of halogens is 3. The number of hydrogen-bond acceptors (Lipinski definition) is 2. The van der Waals surface area contributed by atoms with Crippen LogP contribution in [0.3, 0.4) is 0 Å². The van der Waals surface area contributed by atoms with Gasteiger partial charge in [-0.25, -0.2) is 0 Å². The van der Waals surface area contributed by atoms with Crippen LogP contribution in [0, 0.1) is 0 Å². The second kappa shape index (κ2) is 6.50. The minimum absolute atomic E-state index is 0.0245. The Hall–Kier alpha value is -3.21. The van der Waals surface area contributed by atoms with Crippen molar-refractivity contribution in [3.05, 3.63) is 89.6 Å². The van der Waals surface area contributed by atoms with Gasteiger partial charge in [0.25, 0.3) is 0 Å². The highest BCUT2D eigenvalue weighted by Gasteiger charge is 2.30. The predicted octanol–water partition coefficient (Wildman–Crippen LogP) is 5.83. The van der Waals surface area contributed by atoms with E-state index in [1.807, 2.05) is 48.5 Å². The maximum Gasteiger partial charge on any atom is 0.416 e. The lowest BCUT2D eigenvalue weighted by Crippen LogP contribution is -2.08. The van der Waals surface area contributed by atoms with Gasteiger partial charge in [0.2, 0.25) is 0 Å². The van der Waals surface area contributed by atoms with Crippen LogP contribution in [0.15, 0.2) is 72.8 Å². The van der Waals surface area contributed by atoms with Gasteiger partial charge in [0.15, 0.2) is 5.78 Å². The average molecular weight is 365 g/mol. The highest BCUT2D eigenvalue weighted by atomic mass is 19.4. The molecule has 0 spiro atoms. The van der Waals surface area contributed by atoms with Crippen molar-refractivity contribution in [1.82, 2.24) is 4.98 Å². The predicted molar refractivity (Wildman–Crippen MR) is 98.7 cm³/mol. The molecule has 2 nitrogen and oxygen atoms in total. The van der Waals surface area contributed by atoms with Gasteiger partial charge in [-0.3, -0.25) is 9.78 Å². The first-order valence-corrected chi connectivity index (χ1v) is 8.40. The quantitative estimate of drug-likeness (QED) is 0.338. The number of para-hydroxylation sites is 1. The Balaban J connectivity index is 1.73. The molecular weight excluding hydrogens is 351 g/mol. The molecule has 0 aliphatic heterocycles. The minimum atomic E-state index is -4.42. The number of nitrogens with zero attached hydrogens (tertiary/aromatic N) is 1. The normalized spacial score (nSPS) is 11.8. The molecule has 4 rings (SSSR count). The maximum absolute atomic E-state index is 12.7. The van der Waals surface area contributed by atoms with Gasteiger partial charge in [-0.15, -0.1) is 0 Å². The summed E-state index contributed by atoms with van der Waals surface area (Å²) in [5.41, 5.74) is 0.871. The summed E-state index contributed by atoms with van der Waals surface area (Å²) in [6.45, 7) is 0. The summed E-state index contributed by atoms with van der Waals surface area (Å²) < 4.78 is 38.1. The van der Waals surface area contributed by atoms with E-state index in [1.165, 1.54) is 12.1 Å². The maximum atomic E-state index is 12.7. The van der Waals surface area contributed by atoms with Crippen molar-refractivity contribution in [3.8, 4) is 0 Å². The highest BCUT2D eigenvalue weighted by molar-refractivity contribution is 6.08. The molecule has 4 aromatic rings. The molecule has 3 aromatic carbocycles. The Kier molecular flexibility index (Phi) is 4.15. The number of rotatable bonds is 3. The molecule has 5 heteroatoms. The molecule has 0 bridgehead atoms. The van der Waals surface area contributed by atoms with Crippen molar-refractivity contribution >= 4 is 27.5 Å². The van der Waals surface area contributed by atoms with E-state index in [0.717, 1.165) is 33.8 Å². The summed E-state index contributed by atoms with van der Waals surface area (Å²) in [4.78, 5) is 17.3. The molecule has 134 valence electrons. The highest BCUT2D eigenvalue weighted by Crippen LogP contribution is 2.30. The number of fused-ring (bicyclic) bond motifs is 3. The van der Waals surface area contributed by atoms with Gasteiger partial charge in [0.05, 0.1) is 23.2 Å². The van der Waals surface area contributed by atoms with Crippen LogP contribution < -0.4 is 0 Å². The molecule has 0 saturated heterocycles. The van der Waals surface area contributed by atoms with Crippen LogP contribution in [0.4, 0.5) is 13.2 Å². The largest absolute Gasteiger partial charge is 0.416 e. The van der Waals surface area contributed by atoms with Gasteiger partial charge in [0, 0.05) is 16.3 Å². The number of pyridine rings is 1. The van der Waals surface area contributed by atoms with Crippen LogP contribution in [-0.4, -0.2) is 10.8 Å². The van der Waals surface area contributed by atoms with Gasteiger partial charge in [-0.2, -0.15) is 13.2 Å². The summed E-state index contributed by atoms with van der Waals surface area (Å²) in [6.07, 6.45) is -4.39. The van der Waals surface area contributed by atoms with Crippen LogP contribution in [-0.2, 0) is 12.6 Å². The Bertz CT molecular complexity index is 1150. The molecule has 0 unspecified atom stereocenters. The summed E-state index contributed by atoms with van der Waals surface area (Å²) >= 11 is 0. The molecule has 0 fully saturated rings. The van der Waals surface area contributed by atoms with Gasteiger partial charge in [-0.05, 0) is 23.6 Å². The molecule has 0 radical (unpaired) electrons. The molecule has 0 aliphatic rings. The Morgan fingerprint density at radius 1 is 0.778 bits per heavy atom. The van der Waals surface area contributed by atoms with Crippen molar-refractivity contribution < 1.29 is 18.0 Å². The van der Waals surface area contributed by atoms with E-state index in [9.17, 15) is 18.0 Å². The van der Waals surface area contributed by atoms with Crippen LogP contribution >= 0.6 is 0 Å². The van der Waals surface area contributed by atoms with Gasteiger partial charge in [0.1, 0.15) is 0 Å². The fourth-order valence-electron chi connectivity index (χ4n) is 3.21. The molecular formula is C22H14F3NO. The zero-order valence-corrected chi connectivity index (χ0v) is 14.1. The summed E-state index contributed by atoms with van der Waals surface area (Å²) in [5.74, 6) is -0.267. The Labute approximate surface area is 153 Å². The number of ketones is 1. The number of Topliss-reactive ketones (excluding diaryl/α,β-unsaturated/α-hetero) is 1. The Morgan fingerprint density at radius 3 is 2.04 bits per heavy atom. The number of benzene rings is 3. The fraction of sp³-hybridized carbons (Fsp3) is 0.0909. The molecule has 1 heterocycles. The number of alkyl halides is 3. The van der Waals surface area contributed by atoms with Gasteiger partial charge in [-0.1, -0.05) is 54.6 Å². The monoisotopic (exact) mass is 365 g/mol. The van der Waals surface area contributed by atoms with Crippen molar-refractivity contribution in [1.29, 1.82) is 0 Å². The second-order valence-electron chi connectivity index (χ2n) is 6.30. The van der Waals surface area contributed by atoms with Crippen molar-refractivity contribution in [2.45, 2.75) is 12.6 Å². The lowest BCUT2D eigenvalue weighted by Gasteiger charge is -2.10. The Morgan fingerprint density at radius 2 is 1.37 bits per heavy atom. The summed E-state index contributed by atoms with van der Waals surface area (Å²) in [5, 5.41) is 2.87. The third kappa shape index (κ3) is 3.28. The lowest BCUT2D eigenvalue weighted by atomic mass is 9.99. The van der Waals surface area contributed by atoms with E-state index in [-0.39, 0.29) is 17.8 Å². The molecule has 0 amide bonds. The van der Waals surface area contributed by atoms with Crippen molar-refractivity contribution in [2.24, 2.45) is 0 Å². The number of hydrogen-bond donors (Lipinski definition) is 0. The van der Waals surface area contributed by atoms with E-state index in [2.05, 4.69) is 4.98 Å². The molecule has 0 aliphatic carbocycles. The molecule has 0 N–H and O–H groups in total. The van der Waals surface area contributed by atoms with Crippen LogP contribution in [0.2, 0.25) is 0 Å². The first-order valence-electron chi connectivity index (χ1n) is 8.40. The number of carbonyl (C=O) groups is 1. The minimum Gasteiger partial charge on any atom is -0.294 e. The van der Waals surface area contributed by atoms with E-state index in [1.54, 1.807) is 0 Å². The van der Waals surface area contributed by atoms with Crippen molar-refractivity contribution in [3.63, 3.8) is 0 Å². The third-order valence-corrected chi connectivity index (χ3v) is 4.55. The zero-order valence-electron chi connectivity index (χ0n) is 14.1. The first kappa shape index (κ1) is 17.2. The molecule has 1 aromatic heterocycles. The van der Waals surface area contributed by atoms with E-state index >= 15 is 0 Å².